The van der Waals surface area contributed by atoms with Crippen LogP contribution in [0.2, 0.25) is 5.02 Å². The molecule has 0 saturated carbocycles. The van der Waals surface area contributed by atoms with Crippen LogP contribution in [0.25, 0.3) is 10.6 Å². The standard InChI is InChI=1S/C17H16ClN3OS/c1-2-22-16-15(4-3-9-19-16)20-10-14-11-21-17(23-14)12-5-7-13(18)8-6-12/h3-9,11,20H,2,10H2,1H3. The molecule has 0 aliphatic rings. The number of ether oxygens (including phenoxy) is 1. The van der Waals surface area contributed by atoms with Crippen LogP contribution in [0.3, 0.4) is 0 Å². The zero-order valence-corrected chi connectivity index (χ0v) is 14.2. The number of aromatic nitrogens is 2. The van der Waals surface area contributed by atoms with Crippen LogP contribution in [0, 0.1) is 0 Å². The van der Waals surface area contributed by atoms with Crippen molar-refractivity contribution in [3.63, 3.8) is 0 Å². The van der Waals surface area contributed by atoms with E-state index >= 15 is 0 Å². The highest BCUT2D eigenvalue weighted by Crippen LogP contribution is 2.27. The highest BCUT2D eigenvalue weighted by atomic mass is 35.5. The Morgan fingerprint density at radius 2 is 2.00 bits per heavy atom. The predicted molar refractivity (Wildman–Crippen MR) is 95.3 cm³/mol. The lowest BCUT2D eigenvalue weighted by Crippen LogP contribution is -2.02. The van der Waals surface area contributed by atoms with Crippen LogP contribution in [0.4, 0.5) is 5.69 Å². The summed E-state index contributed by atoms with van der Waals surface area (Å²) in [5, 5.41) is 5.06. The quantitative estimate of drug-likeness (QED) is 0.692. The van der Waals surface area contributed by atoms with Gasteiger partial charge >= 0.3 is 0 Å². The molecule has 0 aliphatic heterocycles. The summed E-state index contributed by atoms with van der Waals surface area (Å²) in [6.45, 7) is 3.21. The molecule has 0 atom stereocenters. The van der Waals surface area contributed by atoms with Crippen molar-refractivity contribution in [2.24, 2.45) is 0 Å². The molecule has 2 heterocycles. The number of thiazole rings is 1. The zero-order valence-electron chi connectivity index (χ0n) is 12.6. The average molecular weight is 346 g/mol. The Morgan fingerprint density at radius 1 is 1.17 bits per heavy atom. The van der Waals surface area contributed by atoms with Crippen molar-refractivity contribution in [3.05, 3.63) is 58.7 Å². The van der Waals surface area contributed by atoms with E-state index in [9.17, 15) is 0 Å². The molecule has 118 valence electrons. The van der Waals surface area contributed by atoms with Gasteiger partial charge in [-0.15, -0.1) is 11.3 Å². The van der Waals surface area contributed by atoms with E-state index in [1.165, 1.54) is 0 Å². The number of hydrogen-bond acceptors (Lipinski definition) is 5. The topological polar surface area (TPSA) is 47.0 Å². The van der Waals surface area contributed by atoms with Crippen LogP contribution in [-0.2, 0) is 6.54 Å². The second-order valence-corrected chi connectivity index (χ2v) is 6.33. The molecule has 1 aromatic carbocycles. The van der Waals surface area contributed by atoms with Crippen LogP contribution < -0.4 is 10.1 Å². The minimum atomic E-state index is 0.590. The van der Waals surface area contributed by atoms with Gasteiger partial charge in [0, 0.05) is 27.9 Å². The Kier molecular flexibility index (Phi) is 5.10. The van der Waals surface area contributed by atoms with Crippen molar-refractivity contribution in [1.29, 1.82) is 0 Å². The van der Waals surface area contributed by atoms with Gasteiger partial charge in [0.1, 0.15) is 5.01 Å². The summed E-state index contributed by atoms with van der Waals surface area (Å²) < 4.78 is 5.51. The molecular weight excluding hydrogens is 330 g/mol. The smallest absolute Gasteiger partial charge is 0.237 e. The van der Waals surface area contributed by atoms with E-state index in [2.05, 4.69) is 15.3 Å². The molecule has 1 N–H and O–H groups in total. The summed E-state index contributed by atoms with van der Waals surface area (Å²) in [7, 11) is 0. The van der Waals surface area contributed by atoms with E-state index in [1.54, 1.807) is 17.5 Å². The summed E-state index contributed by atoms with van der Waals surface area (Å²) in [5.41, 5.74) is 1.96. The fraction of sp³-hybridized carbons (Fsp3) is 0.176. The van der Waals surface area contributed by atoms with E-state index in [0.29, 0.717) is 19.0 Å². The first-order valence-electron chi connectivity index (χ1n) is 7.28. The van der Waals surface area contributed by atoms with Gasteiger partial charge in [0.2, 0.25) is 5.88 Å². The second-order valence-electron chi connectivity index (χ2n) is 4.78. The number of benzene rings is 1. The normalized spacial score (nSPS) is 10.5. The van der Waals surface area contributed by atoms with E-state index < -0.39 is 0 Å². The molecule has 0 saturated heterocycles. The largest absolute Gasteiger partial charge is 0.476 e. The van der Waals surface area contributed by atoms with Gasteiger partial charge in [-0.25, -0.2) is 9.97 Å². The summed E-state index contributed by atoms with van der Waals surface area (Å²) in [5.74, 6) is 0.623. The second kappa shape index (κ2) is 7.44. The molecule has 4 nitrogen and oxygen atoms in total. The molecule has 23 heavy (non-hydrogen) atoms. The molecule has 0 unspecified atom stereocenters. The first kappa shape index (κ1) is 15.8. The average Bonchev–Trinajstić information content (AvgIpc) is 3.04. The number of rotatable bonds is 6. The molecular formula is C17H16ClN3OS. The maximum atomic E-state index is 5.92. The van der Waals surface area contributed by atoms with E-state index in [0.717, 1.165) is 26.2 Å². The van der Waals surface area contributed by atoms with Gasteiger partial charge in [-0.2, -0.15) is 0 Å². The van der Waals surface area contributed by atoms with Gasteiger partial charge in [0.15, 0.2) is 0 Å². The van der Waals surface area contributed by atoms with Crippen molar-refractivity contribution < 1.29 is 4.74 Å². The van der Waals surface area contributed by atoms with Gasteiger partial charge in [-0.05, 0) is 31.2 Å². The van der Waals surface area contributed by atoms with Crippen LogP contribution >= 0.6 is 22.9 Å². The first-order chi connectivity index (χ1) is 11.3. The van der Waals surface area contributed by atoms with Crippen molar-refractivity contribution in [2.75, 3.05) is 11.9 Å². The van der Waals surface area contributed by atoms with Crippen LogP contribution in [0.5, 0.6) is 5.88 Å². The molecule has 0 fully saturated rings. The van der Waals surface area contributed by atoms with Gasteiger partial charge in [0.25, 0.3) is 0 Å². The van der Waals surface area contributed by atoms with E-state index in [1.807, 2.05) is 49.5 Å². The summed E-state index contributed by atoms with van der Waals surface area (Å²) in [6.07, 6.45) is 3.61. The maximum Gasteiger partial charge on any atom is 0.237 e. The van der Waals surface area contributed by atoms with Crippen LogP contribution in [-0.4, -0.2) is 16.6 Å². The monoisotopic (exact) mass is 345 g/mol. The molecule has 0 bridgehead atoms. The lowest BCUT2D eigenvalue weighted by atomic mass is 10.2. The molecule has 3 aromatic rings. The SMILES string of the molecule is CCOc1ncccc1NCc1cnc(-c2ccc(Cl)cc2)s1. The minimum absolute atomic E-state index is 0.590. The van der Waals surface area contributed by atoms with Crippen LogP contribution in [0.15, 0.2) is 48.8 Å². The third-order valence-electron chi connectivity index (χ3n) is 3.15. The number of anilines is 1. The van der Waals surface area contributed by atoms with Crippen molar-refractivity contribution in [2.45, 2.75) is 13.5 Å². The number of nitrogens with zero attached hydrogens (tertiary/aromatic N) is 2. The van der Waals surface area contributed by atoms with E-state index in [-0.39, 0.29) is 0 Å². The van der Waals surface area contributed by atoms with Crippen molar-refractivity contribution in [3.8, 4) is 16.5 Å². The Hall–Kier alpha value is -2.11. The molecule has 0 aliphatic carbocycles. The third-order valence-corrected chi connectivity index (χ3v) is 4.45. The Balaban J connectivity index is 1.69. The van der Waals surface area contributed by atoms with Gasteiger partial charge in [0.05, 0.1) is 18.8 Å². The maximum absolute atomic E-state index is 5.92. The van der Waals surface area contributed by atoms with E-state index in [4.69, 9.17) is 16.3 Å². The summed E-state index contributed by atoms with van der Waals surface area (Å²) in [4.78, 5) is 9.85. The zero-order chi connectivity index (χ0) is 16.1. The molecule has 0 amide bonds. The Bertz CT molecular complexity index is 774. The highest BCUT2D eigenvalue weighted by Gasteiger charge is 2.07. The Morgan fingerprint density at radius 3 is 2.78 bits per heavy atom. The third kappa shape index (κ3) is 4.00. The predicted octanol–water partition coefficient (Wildman–Crippen LogP) is 4.87. The van der Waals surface area contributed by atoms with Crippen LogP contribution in [0.1, 0.15) is 11.8 Å². The number of halogens is 1. The number of hydrogen-bond donors (Lipinski definition) is 1. The summed E-state index contributed by atoms with van der Waals surface area (Å²) in [6, 6.07) is 11.6. The lowest BCUT2D eigenvalue weighted by Gasteiger charge is -2.09. The fourth-order valence-electron chi connectivity index (χ4n) is 2.07. The lowest BCUT2D eigenvalue weighted by molar-refractivity contribution is 0.328. The molecule has 6 heteroatoms. The molecule has 2 aromatic heterocycles. The van der Waals surface area contributed by atoms with Gasteiger partial charge in [-0.1, -0.05) is 23.7 Å². The molecule has 3 rings (SSSR count). The number of pyridine rings is 1. The first-order valence-corrected chi connectivity index (χ1v) is 8.48. The fourth-order valence-corrected chi connectivity index (χ4v) is 3.06. The van der Waals surface area contributed by atoms with Gasteiger partial charge < -0.3 is 10.1 Å². The van der Waals surface area contributed by atoms with Gasteiger partial charge in [-0.3, -0.25) is 0 Å². The van der Waals surface area contributed by atoms with Crippen molar-refractivity contribution in [1.82, 2.24) is 9.97 Å². The Labute approximate surface area is 144 Å². The number of nitrogens with one attached hydrogen (secondary N) is 1. The molecule has 0 spiro atoms. The van der Waals surface area contributed by atoms with Crippen molar-refractivity contribution >= 4 is 28.6 Å². The highest BCUT2D eigenvalue weighted by molar-refractivity contribution is 7.15. The minimum Gasteiger partial charge on any atom is -0.476 e. The molecule has 0 radical (unpaired) electrons. The summed E-state index contributed by atoms with van der Waals surface area (Å²) >= 11 is 7.57.